The fourth-order valence-electron chi connectivity index (χ4n) is 6.67. The second kappa shape index (κ2) is 10.8. The van der Waals surface area contributed by atoms with Crippen LogP contribution in [0, 0.1) is 5.92 Å². The number of nitrogens with one attached hydrogen (secondary N) is 1. The number of imide groups is 1. The van der Waals surface area contributed by atoms with Crippen molar-refractivity contribution in [2.24, 2.45) is 5.92 Å². The van der Waals surface area contributed by atoms with E-state index in [-0.39, 0.29) is 17.9 Å². The summed E-state index contributed by atoms with van der Waals surface area (Å²) in [5, 5.41) is 3.21. The Bertz CT molecular complexity index is 1050. The predicted molar refractivity (Wildman–Crippen MR) is 140 cm³/mol. The van der Waals surface area contributed by atoms with Crippen LogP contribution in [-0.4, -0.2) is 71.4 Å². The third kappa shape index (κ3) is 4.83. The van der Waals surface area contributed by atoms with Crippen LogP contribution in [0.4, 0.5) is 4.79 Å². The zero-order valence-corrected chi connectivity index (χ0v) is 21.7. The highest BCUT2D eigenvalue weighted by Crippen LogP contribution is 2.38. The van der Waals surface area contributed by atoms with E-state index in [9.17, 15) is 9.59 Å². The quantitative estimate of drug-likeness (QED) is 0.513. The second-order valence-electron chi connectivity index (χ2n) is 10.9. The molecule has 7 nitrogen and oxygen atoms in total. The van der Waals surface area contributed by atoms with Gasteiger partial charge in [0.2, 0.25) is 0 Å². The SMILES string of the molecule is CCC[C@@]1(C2CCN(Cc3ccccc3-c3ccco3)CC2)NC(=O)N(CC[C@H]2CCCN2C)C1=O. The maximum Gasteiger partial charge on any atom is 0.325 e. The third-order valence-electron chi connectivity index (χ3n) is 8.69. The highest BCUT2D eigenvalue weighted by atomic mass is 16.3. The Morgan fingerprint density at radius 1 is 1.06 bits per heavy atom. The summed E-state index contributed by atoms with van der Waals surface area (Å²) in [7, 11) is 2.14. The zero-order valence-electron chi connectivity index (χ0n) is 21.7. The van der Waals surface area contributed by atoms with Gasteiger partial charge < -0.3 is 14.6 Å². The van der Waals surface area contributed by atoms with Gasteiger partial charge in [0.05, 0.1) is 6.26 Å². The summed E-state index contributed by atoms with van der Waals surface area (Å²) in [6, 6.07) is 12.6. The molecule has 2 aromatic rings. The molecule has 0 spiro atoms. The number of piperidine rings is 1. The van der Waals surface area contributed by atoms with E-state index in [4.69, 9.17) is 4.42 Å². The molecule has 3 saturated heterocycles. The lowest BCUT2D eigenvalue weighted by molar-refractivity contribution is -0.134. The smallest absolute Gasteiger partial charge is 0.325 e. The van der Waals surface area contributed by atoms with Gasteiger partial charge in [0.15, 0.2) is 0 Å². The van der Waals surface area contributed by atoms with Crippen molar-refractivity contribution in [1.29, 1.82) is 0 Å². The molecule has 0 saturated carbocycles. The summed E-state index contributed by atoms with van der Waals surface area (Å²) >= 11 is 0. The van der Waals surface area contributed by atoms with Crippen LogP contribution in [0.25, 0.3) is 11.3 Å². The van der Waals surface area contributed by atoms with Gasteiger partial charge in [-0.1, -0.05) is 37.6 Å². The Labute approximate surface area is 214 Å². The number of rotatable bonds is 9. The number of nitrogens with zero attached hydrogens (tertiary/aromatic N) is 3. The van der Waals surface area contributed by atoms with Crippen LogP contribution >= 0.6 is 0 Å². The molecule has 5 rings (SSSR count). The molecule has 194 valence electrons. The first-order valence-electron chi connectivity index (χ1n) is 13.7. The molecule has 3 fully saturated rings. The fourth-order valence-corrected chi connectivity index (χ4v) is 6.67. The highest BCUT2D eigenvalue weighted by Gasteiger charge is 2.55. The summed E-state index contributed by atoms with van der Waals surface area (Å²) in [5.74, 6) is 1.08. The predicted octanol–water partition coefficient (Wildman–Crippen LogP) is 4.73. The van der Waals surface area contributed by atoms with Crippen molar-refractivity contribution < 1.29 is 14.0 Å². The molecule has 36 heavy (non-hydrogen) atoms. The maximum atomic E-state index is 13.8. The number of urea groups is 1. The van der Waals surface area contributed by atoms with Crippen molar-refractivity contribution in [2.75, 3.05) is 33.2 Å². The normalized spacial score (nSPS) is 26.2. The van der Waals surface area contributed by atoms with Crippen molar-refractivity contribution in [1.82, 2.24) is 20.0 Å². The lowest BCUT2D eigenvalue weighted by atomic mass is 9.74. The van der Waals surface area contributed by atoms with Crippen LogP contribution in [0.3, 0.4) is 0 Å². The van der Waals surface area contributed by atoms with Crippen molar-refractivity contribution in [2.45, 2.75) is 70.0 Å². The number of likely N-dealkylation sites (tertiary alicyclic amines) is 2. The van der Waals surface area contributed by atoms with Gasteiger partial charge in [-0.15, -0.1) is 0 Å². The lowest BCUT2D eigenvalue weighted by Gasteiger charge is -2.41. The van der Waals surface area contributed by atoms with Crippen molar-refractivity contribution in [3.05, 3.63) is 48.2 Å². The molecule has 1 aromatic carbocycles. The van der Waals surface area contributed by atoms with Crippen LogP contribution in [0.5, 0.6) is 0 Å². The van der Waals surface area contributed by atoms with Gasteiger partial charge in [-0.05, 0) is 88.8 Å². The third-order valence-corrected chi connectivity index (χ3v) is 8.69. The van der Waals surface area contributed by atoms with E-state index in [0.717, 1.165) is 69.6 Å². The first kappa shape index (κ1) is 25.0. The molecule has 3 aliphatic heterocycles. The van der Waals surface area contributed by atoms with Crippen LogP contribution in [0.2, 0.25) is 0 Å². The number of hydrogen-bond donors (Lipinski definition) is 1. The van der Waals surface area contributed by atoms with Gasteiger partial charge in [0, 0.05) is 24.7 Å². The van der Waals surface area contributed by atoms with Crippen LogP contribution in [0.15, 0.2) is 47.1 Å². The standard InChI is InChI=1S/C29H40N4O3/c1-3-15-29(27(34)33(28(35)30-29)19-14-24-9-6-16-31(24)2)23-12-17-32(18-13-23)21-22-8-4-5-10-25(22)26-11-7-20-36-26/h4-5,7-8,10-11,20,23-24H,3,6,9,12-19,21H2,1-2H3,(H,30,35)/t24-,29+/m1/s1. The average Bonchev–Trinajstić information content (AvgIpc) is 3.61. The van der Waals surface area contributed by atoms with Crippen LogP contribution in [-0.2, 0) is 11.3 Å². The van der Waals surface area contributed by atoms with E-state index in [1.807, 2.05) is 18.2 Å². The Morgan fingerprint density at radius 3 is 2.56 bits per heavy atom. The number of hydrogen-bond acceptors (Lipinski definition) is 5. The van der Waals surface area contributed by atoms with Crippen molar-refractivity contribution in [3.8, 4) is 11.3 Å². The monoisotopic (exact) mass is 492 g/mol. The number of benzene rings is 1. The van der Waals surface area contributed by atoms with Gasteiger partial charge in [-0.2, -0.15) is 0 Å². The topological polar surface area (TPSA) is 69.0 Å². The molecule has 0 bridgehead atoms. The van der Waals surface area contributed by atoms with E-state index in [2.05, 4.69) is 47.3 Å². The second-order valence-corrected chi connectivity index (χ2v) is 10.9. The number of amides is 3. The minimum atomic E-state index is -0.744. The number of furan rings is 1. The molecular weight excluding hydrogens is 452 g/mol. The van der Waals surface area contributed by atoms with Crippen LogP contribution < -0.4 is 5.32 Å². The molecule has 1 aromatic heterocycles. The molecular formula is C29H40N4O3. The van der Waals surface area contributed by atoms with Gasteiger partial charge in [-0.3, -0.25) is 14.6 Å². The summed E-state index contributed by atoms with van der Waals surface area (Å²) in [4.78, 5) is 33.1. The molecule has 1 N–H and O–H groups in total. The highest BCUT2D eigenvalue weighted by molar-refractivity contribution is 6.07. The average molecular weight is 493 g/mol. The van der Waals surface area contributed by atoms with Crippen LogP contribution in [0.1, 0.15) is 57.4 Å². The Kier molecular flexibility index (Phi) is 7.49. The molecule has 0 aliphatic carbocycles. The zero-order chi connectivity index (χ0) is 25.1. The Morgan fingerprint density at radius 2 is 1.86 bits per heavy atom. The summed E-state index contributed by atoms with van der Waals surface area (Å²) in [5.41, 5.74) is 1.64. The molecule has 7 heteroatoms. The first-order chi connectivity index (χ1) is 17.5. The summed E-state index contributed by atoms with van der Waals surface area (Å²) < 4.78 is 5.66. The van der Waals surface area contributed by atoms with Crippen molar-refractivity contribution in [3.63, 3.8) is 0 Å². The molecule has 2 atom stereocenters. The lowest BCUT2D eigenvalue weighted by Crippen LogP contribution is -2.56. The van der Waals surface area contributed by atoms with E-state index < -0.39 is 5.54 Å². The minimum Gasteiger partial charge on any atom is -0.464 e. The van der Waals surface area contributed by atoms with Gasteiger partial charge >= 0.3 is 6.03 Å². The largest absolute Gasteiger partial charge is 0.464 e. The molecule has 3 aliphatic rings. The Balaban J connectivity index is 1.23. The molecule has 0 radical (unpaired) electrons. The van der Waals surface area contributed by atoms with E-state index in [1.165, 1.54) is 16.9 Å². The van der Waals surface area contributed by atoms with E-state index in [0.29, 0.717) is 19.0 Å². The molecule has 0 unspecified atom stereocenters. The van der Waals surface area contributed by atoms with Crippen molar-refractivity contribution >= 4 is 11.9 Å². The number of carbonyl (C=O) groups is 2. The first-order valence-corrected chi connectivity index (χ1v) is 13.7. The van der Waals surface area contributed by atoms with E-state index >= 15 is 0 Å². The Hall–Kier alpha value is -2.64. The van der Waals surface area contributed by atoms with Gasteiger partial charge in [0.25, 0.3) is 5.91 Å². The van der Waals surface area contributed by atoms with Gasteiger partial charge in [0.1, 0.15) is 11.3 Å². The minimum absolute atomic E-state index is 0.0108. The fraction of sp³-hybridized carbons (Fsp3) is 0.586. The summed E-state index contributed by atoms with van der Waals surface area (Å²) in [6.45, 7) is 6.42. The summed E-state index contributed by atoms with van der Waals surface area (Å²) in [6.07, 6.45) is 8.35. The number of carbonyl (C=O) groups excluding carboxylic acids is 2. The van der Waals surface area contributed by atoms with E-state index in [1.54, 1.807) is 6.26 Å². The molecule has 3 amide bonds. The van der Waals surface area contributed by atoms with Gasteiger partial charge in [-0.25, -0.2) is 4.79 Å². The maximum absolute atomic E-state index is 13.8. The molecule has 4 heterocycles.